The minimum absolute atomic E-state index is 0.0457. The van der Waals surface area contributed by atoms with Crippen molar-refractivity contribution in [2.45, 2.75) is 32.0 Å². The highest BCUT2D eigenvalue weighted by atomic mass is 35.5. The van der Waals surface area contributed by atoms with E-state index in [4.69, 9.17) is 33.7 Å². The number of ether oxygens (including phenoxy) is 1. The molecule has 0 aliphatic carbocycles. The molecule has 0 aromatic carbocycles. The van der Waals surface area contributed by atoms with Crippen molar-refractivity contribution < 1.29 is 9.53 Å². The Kier molecular flexibility index (Phi) is 4.62. The zero-order chi connectivity index (χ0) is 14.0. The number of carbonyl (C=O) groups is 1. The smallest absolute Gasteiger partial charge is 0.253 e. The standard InChI is InChI=1S/C12H15Cl2N3O2/c1-6-4-9(13)16-11(14)10(6)17-12(18)8-3-2-7(5-15)19-8/h4,7-8H,2-3,5,15H2,1H3,(H,17,18). The molecule has 1 fully saturated rings. The molecule has 1 saturated heterocycles. The van der Waals surface area contributed by atoms with Gasteiger partial charge >= 0.3 is 0 Å². The van der Waals surface area contributed by atoms with E-state index < -0.39 is 6.10 Å². The molecule has 1 aliphatic heterocycles. The van der Waals surface area contributed by atoms with E-state index in [9.17, 15) is 4.79 Å². The SMILES string of the molecule is Cc1cc(Cl)nc(Cl)c1NC(=O)C1CCC(CN)O1. The maximum Gasteiger partial charge on any atom is 0.253 e. The third-order valence-electron chi connectivity index (χ3n) is 3.05. The summed E-state index contributed by atoms with van der Waals surface area (Å²) in [5.74, 6) is -0.231. The Labute approximate surface area is 121 Å². The number of nitrogens with zero attached hydrogens (tertiary/aromatic N) is 1. The Morgan fingerprint density at radius 3 is 2.89 bits per heavy atom. The van der Waals surface area contributed by atoms with Crippen LogP contribution < -0.4 is 11.1 Å². The highest BCUT2D eigenvalue weighted by Gasteiger charge is 2.30. The zero-order valence-electron chi connectivity index (χ0n) is 10.5. The van der Waals surface area contributed by atoms with Gasteiger partial charge in [0, 0.05) is 6.54 Å². The lowest BCUT2D eigenvalue weighted by Gasteiger charge is -2.14. The van der Waals surface area contributed by atoms with Crippen LogP contribution in [0.25, 0.3) is 0 Å². The largest absolute Gasteiger partial charge is 0.364 e. The fraction of sp³-hybridized carbons (Fsp3) is 0.500. The first-order valence-electron chi connectivity index (χ1n) is 6.00. The van der Waals surface area contributed by atoms with Crippen LogP contribution in [0.4, 0.5) is 5.69 Å². The van der Waals surface area contributed by atoms with Gasteiger partial charge in [-0.15, -0.1) is 0 Å². The Balaban J connectivity index is 2.08. The van der Waals surface area contributed by atoms with Crippen LogP contribution in [0.5, 0.6) is 0 Å². The van der Waals surface area contributed by atoms with Crippen LogP contribution >= 0.6 is 23.2 Å². The number of aromatic nitrogens is 1. The first kappa shape index (κ1) is 14.5. The van der Waals surface area contributed by atoms with Crippen molar-refractivity contribution in [2.75, 3.05) is 11.9 Å². The molecule has 2 atom stereocenters. The summed E-state index contributed by atoms with van der Waals surface area (Å²) in [5, 5.41) is 3.20. The van der Waals surface area contributed by atoms with E-state index in [1.54, 1.807) is 13.0 Å². The maximum absolute atomic E-state index is 12.1. The quantitative estimate of drug-likeness (QED) is 0.839. The lowest BCUT2D eigenvalue weighted by Crippen LogP contribution is -2.30. The minimum atomic E-state index is -0.486. The zero-order valence-corrected chi connectivity index (χ0v) is 12.0. The molecule has 2 heterocycles. The topological polar surface area (TPSA) is 77.2 Å². The van der Waals surface area contributed by atoms with Crippen molar-refractivity contribution in [1.82, 2.24) is 4.98 Å². The van der Waals surface area contributed by atoms with E-state index in [-0.39, 0.29) is 17.2 Å². The fourth-order valence-electron chi connectivity index (χ4n) is 2.02. The summed E-state index contributed by atoms with van der Waals surface area (Å²) >= 11 is 11.7. The number of nitrogens with one attached hydrogen (secondary N) is 1. The van der Waals surface area contributed by atoms with Crippen LogP contribution in [0.3, 0.4) is 0 Å². The number of halogens is 2. The number of amides is 1. The van der Waals surface area contributed by atoms with Crippen molar-refractivity contribution in [2.24, 2.45) is 5.73 Å². The number of carbonyl (C=O) groups excluding carboxylic acids is 1. The molecule has 2 rings (SSSR count). The average molecular weight is 304 g/mol. The van der Waals surface area contributed by atoms with Crippen molar-refractivity contribution in [3.05, 3.63) is 21.9 Å². The van der Waals surface area contributed by atoms with Crippen LogP contribution in [0, 0.1) is 6.92 Å². The van der Waals surface area contributed by atoms with Gasteiger partial charge in [-0.1, -0.05) is 23.2 Å². The van der Waals surface area contributed by atoms with E-state index in [1.807, 2.05) is 0 Å². The Hall–Kier alpha value is -0.880. The van der Waals surface area contributed by atoms with Gasteiger partial charge in [-0.05, 0) is 31.4 Å². The highest BCUT2D eigenvalue weighted by Crippen LogP contribution is 2.28. The van der Waals surface area contributed by atoms with E-state index in [0.29, 0.717) is 23.8 Å². The molecule has 1 amide bonds. The van der Waals surface area contributed by atoms with Gasteiger partial charge in [0.2, 0.25) is 0 Å². The number of nitrogens with two attached hydrogens (primary N) is 1. The third kappa shape index (κ3) is 3.36. The molecule has 3 N–H and O–H groups in total. The fourth-order valence-corrected chi connectivity index (χ4v) is 2.60. The molecule has 2 unspecified atom stereocenters. The van der Waals surface area contributed by atoms with Gasteiger partial charge in [-0.25, -0.2) is 4.98 Å². The minimum Gasteiger partial charge on any atom is -0.364 e. The molecular weight excluding hydrogens is 289 g/mol. The van der Waals surface area contributed by atoms with Crippen LogP contribution in [0.15, 0.2) is 6.07 Å². The molecule has 0 saturated carbocycles. The van der Waals surface area contributed by atoms with Crippen molar-refractivity contribution in [3.63, 3.8) is 0 Å². The predicted octanol–water partition coefficient (Wildman–Crippen LogP) is 2.14. The number of anilines is 1. The molecule has 19 heavy (non-hydrogen) atoms. The van der Waals surface area contributed by atoms with Crippen LogP contribution in [-0.2, 0) is 9.53 Å². The second-order valence-electron chi connectivity index (χ2n) is 4.48. The Morgan fingerprint density at radius 2 is 2.32 bits per heavy atom. The third-order valence-corrected chi connectivity index (χ3v) is 3.52. The molecule has 1 aromatic rings. The van der Waals surface area contributed by atoms with E-state index in [1.165, 1.54) is 0 Å². The van der Waals surface area contributed by atoms with Gasteiger partial charge in [0.1, 0.15) is 11.3 Å². The summed E-state index contributed by atoms with van der Waals surface area (Å²) in [6, 6.07) is 1.64. The monoisotopic (exact) mass is 303 g/mol. The molecule has 0 spiro atoms. The second kappa shape index (κ2) is 6.05. The number of rotatable bonds is 3. The molecule has 5 nitrogen and oxygen atoms in total. The lowest BCUT2D eigenvalue weighted by molar-refractivity contribution is -0.126. The van der Waals surface area contributed by atoms with E-state index >= 15 is 0 Å². The molecule has 1 aromatic heterocycles. The van der Waals surface area contributed by atoms with Crippen LogP contribution in [0.2, 0.25) is 10.3 Å². The Morgan fingerprint density at radius 1 is 1.58 bits per heavy atom. The number of hydrogen-bond acceptors (Lipinski definition) is 4. The van der Waals surface area contributed by atoms with Gasteiger partial charge in [0.05, 0.1) is 11.8 Å². The maximum atomic E-state index is 12.1. The molecule has 1 aliphatic rings. The Bertz CT molecular complexity index is 473. The summed E-state index contributed by atoms with van der Waals surface area (Å²) in [4.78, 5) is 16.0. The molecule has 7 heteroatoms. The normalized spacial score (nSPS) is 22.5. The average Bonchev–Trinajstić information content (AvgIpc) is 2.82. The molecule has 0 bridgehead atoms. The molecule has 104 valence electrons. The number of pyridine rings is 1. The van der Waals surface area contributed by atoms with Crippen LogP contribution in [0.1, 0.15) is 18.4 Å². The van der Waals surface area contributed by atoms with Gasteiger partial charge in [0.25, 0.3) is 5.91 Å². The van der Waals surface area contributed by atoms with Gasteiger partial charge in [-0.3, -0.25) is 4.79 Å². The van der Waals surface area contributed by atoms with Gasteiger partial charge < -0.3 is 15.8 Å². The van der Waals surface area contributed by atoms with Gasteiger partial charge in [-0.2, -0.15) is 0 Å². The summed E-state index contributed by atoms with van der Waals surface area (Å²) in [6.07, 6.45) is 0.918. The first-order chi connectivity index (χ1) is 9.01. The summed E-state index contributed by atoms with van der Waals surface area (Å²) in [5.41, 5.74) is 6.74. The second-order valence-corrected chi connectivity index (χ2v) is 5.22. The van der Waals surface area contributed by atoms with Crippen molar-refractivity contribution in [1.29, 1.82) is 0 Å². The molecular formula is C12H15Cl2N3O2. The van der Waals surface area contributed by atoms with Crippen molar-refractivity contribution >= 4 is 34.8 Å². The van der Waals surface area contributed by atoms with Gasteiger partial charge in [0.15, 0.2) is 5.15 Å². The number of hydrogen-bond donors (Lipinski definition) is 2. The number of aryl methyl sites for hydroxylation is 1. The summed E-state index contributed by atoms with van der Waals surface area (Å²) < 4.78 is 5.52. The first-order valence-corrected chi connectivity index (χ1v) is 6.76. The summed E-state index contributed by atoms with van der Waals surface area (Å²) in [7, 11) is 0. The van der Waals surface area contributed by atoms with Crippen LogP contribution in [-0.4, -0.2) is 29.6 Å². The highest BCUT2D eigenvalue weighted by molar-refractivity contribution is 6.34. The van der Waals surface area contributed by atoms with E-state index in [0.717, 1.165) is 12.0 Å². The summed E-state index contributed by atoms with van der Waals surface area (Å²) in [6.45, 7) is 2.22. The molecule has 0 radical (unpaired) electrons. The lowest BCUT2D eigenvalue weighted by atomic mass is 10.2. The van der Waals surface area contributed by atoms with E-state index in [2.05, 4.69) is 10.3 Å². The predicted molar refractivity (Wildman–Crippen MR) is 74.6 cm³/mol. The van der Waals surface area contributed by atoms with Crippen molar-refractivity contribution in [3.8, 4) is 0 Å².